The molecule has 134 valence electrons. The molecule has 0 fully saturated rings. The van der Waals surface area contributed by atoms with Gasteiger partial charge < -0.3 is 20.6 Å². The highest BCUT2D eigenvalue weighted by Gasteiger charge is 2.08. The summed E-state index contributed by atoms with van der Waals surface area (Å²) in [5, 5.41) is 14.5. The maximum absolute atomic E-state index is 12.0. The summed E-state index contributed by atoms with van der Waals surface area (Å²) in [6, 6.07) is 17.9. The molecular weight excluding hydrogens is 314 g/mol. The summed E-state index contributed by atoms with van der Waals surface area (Å²) >= 11 is 0. The van der Waals surface area contributed by atoms with Crippen molar-refractivity contribution < 1.29 is 9.90 Å². The Kier molecular flexibility index (Phi) is 7.29. The Morgan fingerprint density at radius 2 is 1.80 bits per heavy atom. The Morgan fingerprint density at radius 3 is 2.44 bits per heavy atom. The largest absolute Gasteiger partial charge is 0.396 e. The van der Waals surface area contributed by atoms with Gasteiger partial charge in [-0.2, -0.15) is 0 Å². The molecule has 0 aliphatic heterocycles. The summed E-state index contributed by atoms with van der Waals surface area (Å²) in [5.41, 5.74) is 3.10. The Labute approximate surface area is 149 Å². The molecular formula is C20H27N3O2. The molecule has 0 heterocycles. The molecule has 2 aromatic rings. The predicted molar refractivity (Wildman–Crippen MR) is 103 cm³/mol. The van der Waals surface area contributed by atoms with Crippen LogP contribution in [0.4, 0.5) is 16.2 Å². The summed E-state index contributed by atoms with van der Waals surface area (Å²) in [7, 11) is 2.05. The van der Waals surface area contributed by atoms with E-state index in [0.717, 1.165) is 24.3 Å². The van der Waals surface area contributed by atoms with Crippen LogP contribution in [0.3, 0.4) is 0 Å². The topological polar surface area (TPSA) is 64.6 Å². The molecule has 0 aromatic heterocycles. The van der Waals surface area contributed by atoms with E-state index in [1.165, 1.54) is 5.56 Å². The summed E-state index contributed by atoms with van der Waals surface area (Å²) in [5.74, 6) is 0. The van der Waals surface area contributed by atoms with Crippen LogP contribution >= 0.6 is 0 Å². The maximum atomic E-state index is 12.0. The number of anilines is 2. The standard InChI is InChI=1S/C20H27N3O2/c1-16(7-6-14-24)21-20(25)22-18-10-12-19(13-11-18)23(2)15-17-8-4-3-5-9-17/h3-5,8-13,16,24H,6-7,14-15H2,1-2H3,(H2,21,22,25). The number of amides is 2. The Balaban J connectivity index is 1.85. The van der Waals surface area contributed by atoms with Crippen molar-refractivity contribution in [3.8, 4) is 0 Å². The van der Waals surface area contributed by atoms with E-state index in [1.807, 2.05) is 56.4 Å². The second-order valence-corrected chi connectivity index (χ2v) is 6.25. The van der Waals surface area contributed by atoms with E-state index in [9.17, 15) is 4.79 Å². The minimum atomic E-state index is -0.226. The van der Waals surface area contributed by atoms with Crippen LogP contribution in [0.25, 0.3) is 0 Å². The second kappa shape index (κ2) is 9.69. The van der Waals surface area contributed by atoms with Gasteiger partial charge in [0.2, 0.25) is 0 Å². The fourth-order valence-corrected chi connectivity index (χ4v) is 2.61. The smallest absolute Gasteiger partial charge is 0.319 e. The van der Waals surface area contributed by atoms with Crippen molar-refractivity contribution in [3.63, 3.8) is 0 Å². The number of aliphatic hydroxyl groups excluding tert-OH is 1. The SMILES string of the molecule is CC(CCCO)NC(=O)Nc1ccc(N(C)Cc2ccccc2)cc1. The van der Waals surface area contributed by atoms with Gasteiger partial charge in [-0.15, -0.1) is 0 Å². The first-order valence-corrected chi connectivity index (χ1v) is 8.62. The average Bonchev–Trinajstić information content (AvgIpc) is 2.61. The molecule has 2 rings (SSSR count). The minimum Gasteiger partial charge on any atom is -0.396 e. The number of nitrogens with one attached hydrogen (secondary N) is 2. The van der Waals surface area contributed by atoms with Crippen molar-refractivity contribution in [1.82, 2.24) is 5.32 Å². The van der Waals surface area contributed by atoms with Gasteiger partial charge in [-0.3, -0.25) is 0 Å². The third-order valence-corrected chi connectivity index (χ3v) is 4.00. The van der Waals surface area contributed by atoms with Gasteiger partial charge in [0.25, 0.3) is 0 Å². The quantitative estimate of drug-likeness (QED) is 0.687. The molecule has 1 atom stereocenters. The van der Waals surface area contributed by atoms with Crippen LogP contribution in [-0.2, 0) is 6.54 Å². The van der Waals surface area contributed by atoms with Crippen LogP contribution < -0.4 is 15.5 Å². The van der Waals surface area contributed by atoms with Crippen molar-refractivity contribution in [2.24, 2.45) is 0 Å². The molecule has 0 saturated carbocycles. The molecule has 0 saturated heterocycles. The molecule has 1 unspecified atom stereocenters. The fraction of sp³-hybridized carbons (Fsp3) is 0.350. The summed E-state index contributed by atoms with van der Waals surface area (Å²) in [6.45, 7) is 2.90. The molecule has 2 aromatic carbocycles. The average molecular weight is 341 g/mol. The number of nitrogens with zero attached hydrogens (tertiary/aromatic N) is 1. The molecule has 25 heavy (non-hydrogen) atoms. The lowest BCUT2D eigenvalue weighted by molar-refractivity contribution is 0.245. The first kappa shape index (κ1) is 18.8. The van der Waals surface area contributed by atoms with E-state index in [0.29, 0.717) is 6.42 Å². The zero-order valence-corrected chi connectivity index (χ0v) is 14.9. The number of hydrogen-bond donors (Lipinski definition) is 3. The molecule has 5 heteroatoms. The lowest BCUT2D eigenvalue weighted by atomic mass is 10.2. The van der Waals surface area contributed by atoms with Gasteiger partial charge in [-0.25, -0.2) is 4.79 Å². The summed E-state index contributed by atoms with van der Waals surface area (Å²) in [6.07, 6.45) is 1.44. The van der Waals surface area contributed by atoms with Gasteiger partial charge in [0.05, 0.1) is 0 Å². The van der Waals surface area contributed by atoms with Crippen molar-refractivity contribution in [2.45, 2.75) is 32.4 Å². The lowest BCUT2D eigenvalue weighted by Gasteiger charge is -2.20. The van der Waals surface area contributed by atoms with E-state index in [4.69, 9.17) is 5.11 Å². The van der Waals surface area contributed by atoms with E-state index >= 15 is 0 Å². The van der Waals surface area contributed by atoms with E-state index < -0.39 is 0 Å². The van der Waals surface area contributed by atoms with Gasteiger partial charge in [0.1, 0.15) is 0 Å². The van der Waals surface area contributed by atoms with Crippen LogP contribution in [0, 0.1) is 0 Å². The van der Waals surface area contributed by atoms with Crippen molar-refractivity contribution in [3.05, 3.63) is 60.2 Å². The number of carbonyl (C=O) groups excluding carboxylic acids is 1. The van der Waals surface area contributed by atoms with Crippen LogP contribution in [0.5, 0.6) is 0 Å². The molecule has 0 aliphatic rings. The Morgan fingerprint density at radius 1 is 1.12 bits per heavy atom. The third kappa shape index (κ3) is 6.47. The van der Waals surface area contributed by atoms with E-state index in [1.54, 1.807) is 0 Å². The third-order valence-electron chi connectivity index (χ3n) is 4.00. The van der Waals surface area contributed by atoms with Crippen LogP contribution in [-0.4, -0.2) is 30.8 Å². The van der Waals surface area contributed by atoms with Gasteiger partial charge in [0.15, 0.2) is 0 Å². The molecule has 2 amide bonds. The van der Waals surface area contributed by atoms with Gasteiger partial charge in [-0.1, -0.05) is 30.3 Å². The highest BCUT2D eigenvalue weighted by atomic mass is 16.3. The summed E-state index contributed by atoms with van der Waals surface area (Å²) in [4.78, 5) is 14.1. The highest BCUT2D eigenvalue weighted by Crippen LogP contribution is 2.18. The number of carbonyl (C=O) groups is 1. The van der Waals surface area contributed by atoms with Crippen molar-refractivity contribution in [2.75, 3.05) is 23.9 Å². The number of urea groups is 1. The van der Waals surface area contributed by atoms with Crippen LogP contribution in [0.15, 0.2) is 54.6 Å². The Hall–Kier alpha value is -2.53. The van der Waals surface area contributed by atoms with Crippen molar-refractivity contribution in [1.29, 1.82) is 0 Å². The van der Waals surface area contributed by atoms with Crippen LogP contribution in [0.1, 0.15) is 25.3 Å². The van der Waals surface area contributed by atoms with E-state index in [-0.39, 0.29) is 18.7 Å². The predicted octanol–water partition coefficient (Wildman–Crippen LogP) is 3.61. The molecule has 3 N–H and O–H groups in total. The normalized spacial score (nSPS) is 11.6. The fourth-order valence-electron chi connectivity index (χ4n) is 2.61. The molecule has 5 nitrogen and oxygen atoms in total. The number of benzene rings is 2. The number of hydrogen-bond acceptors (Lipinski definition) is 3. The van der Waals surface area contributed by atoms with Crippen molar-refractivity contribution >= 4 is 17.4 Å². The zero-order valence-electron chi connectivity index (χ0n) is 14.9. The first-order valence-electron chi connectivity index (χ1n) is 8.62. The van der Waals surface area contributed by atoms with Gasteiger partial charge >= 0.3 is 6.03 Å². The monoisotopic (exact) mass is 341 g/mol. The lowest BCUT2D eigenvalue weighted by Crippen LogP contribution is -2.36. The van der Waals surface area contributed by atoms with Gasteiger partial charge in [-0.05, 0) is 49.6 Å². The molecule has 0 radical (unpaired) electrons. The summed E-state index contributed by atoms with van der Waals surface area (Å²) < 4.78 is 0. The number of rotatable bonds is 8. The highest BCUT2D eigenvalue weighted by molar-refractivity contribution is 5.89. The molecule has 0 spiro atoms. The zero-order chi connectivity index (χ0) is 18.1. The second-order valence-electron chi connectivity index (χ2n) is 6.25. The molecule has 0 bridgehead atoms. The first-order chi connectivity index (χ1) is 12.1. The Bertz CT molecular complexity index is 644. The number of aliphatic hydroxyl groups is 1. The maximum Gasteiger partial charge on any atom is 0.319 e. The minimum absolute atomic E-state index is 0.0310. The van der Waals surface area contributed by atoms with E-state index in [2.05, 4.69) is 27.7 Å². The molecule has 0 aliphatic carbocycles. The van der Waals surface area contributed by atoms with Gasteiger partial charge in [0, 0.05) is 37.6 Å². The van der Waals surface area contributed by atoms with Crippen LogP contribution in [0.2, 0.25) is 0 Å².